The molecule has 0 aliphatic rings. The van der Waals surface area contributed by atoms with E-state index in [9.17, 15) is 9.90 Å². The van der Waals surface area contributed by atoms with Gasteiger partial charge in [0.25, 0.3) is 0 Å². The van der Waals surface area contributed by atoms with Crippen LogP contribution in [0.1, 0.15) is 12.5 Å². The SMILES string of the molecule is CC(=O)/C=C(\[O-])c1ccccc1.N.N.O=[N+]([O-])[O-].[Pt+4]. The zero-order valence-electron chi connectivity index (χ0n) is 10.2. The van der Waals surface area contributed by atoms with Crippen LogP contribution in [0, 0.1) is 15.3 Å². The largest absolute Gasteiger partial charge is 4.00 e. The predicted molar refractivity (Wildman–Crippen MR) is 65.5 cm³/mol. The minimum atomic E-state index is -1.75. The molecule has 0 atom stereocenters. The van der Waals surface area contributed by atoms with E-state index in [1.165, 1.54) is 6.92 Å². The van der Waals surface area contributed by atoms with Crippen LogP contribution in [0.4, 0.5) is 0 Å². The van der Waals surface area contributed by atoms with Gasteiger partial charge in [-0.25, -0.2) is 0 Å². The van der Waals surface area contributed by atoms with Crippen molar-refractivity contribution in [3.05, 3.63) is 57.3 Å². The topological polar surface area (TPSA) is 176 Å². The van der Waals surface area contributed by atoms with Crippen molar-refractivity contribution in [2.24, 2.45) is 0 Å². The third-order valence-corrected chi connectivity index (χ3v) is 1.39. The van der Waals surface area contributed by atoms with E-state index < -0.39 is 5.09 Å². The van der Waals surface area contributed by atoms with E-state index in [0.29, 0.717) is 5.56 Å². The molecule has 0 radical (unpaired) electrons. The van der Waals surface area contributed by atoms with E-state index in [2.05, 4.69) is 0 Å². The summed E-state index contributed by atoms with van der Waals surface area (Å²) in [6.07, 6.45) is 1.09. The van der Waals surface area contributed by atoms with Crippen molar-refractivity contribution in [3.8, 4) is 0 Å². The van der Waals surface area contributed by atoms with Gasteiger partial charge in [0.05, 0.1) is 5.09 Å². The van der Waals surface area contributed by atoms with Crippen LogP contribution in [0.3, 0.4) is 0 Å². The zero-order valence-corrected chi connectivity index (χ0v) is 12.5. The van der Waals surface area contributed by atoms with Gasteiger partial charge in [-0.2, -0.15) is 0 Å². The smallest absolute Gasteiger partial charge is 0.872 e. The van der Waals surface area contributed by atoms with Crippen LogP contribution in [0.2, 0.25) is 0 Å². The van der Waals surface area contributed by atoms with Crippen molar-refractivity contribution >= 4 is 11.5 Å². The fourth-order valence-corrected chi connectivity index (χ4v) is 0.870. The number of nitrogens with zero attached hydrogens (tertiary/aromatic N) is 1. The Balaban J connectivity index is -0.000000144. The summed E-state index contributed by atoms with van der Waals surface area (Å²) >= 11 is 0. The average Bonchev–Trinajstić information content (AvgIpc) is 2.17. The molecule has 0 bridgehead atoms. The van der Waals surface area contributed by atoms with E-state index in [0.717, 1.165) is 6.08 Å². The van der Waals surface area contributed by atoms with E-state index in [1.807, 2.05) is 6.07 Å². The number of allylic oxidation sites excluding steroid dienone is 1. The quantitative estimate of drug-likeness (QED) is 0.292. The maximum atomic E-state index is 11.2. The van der Waals surface area contributed by atoms with Gasteiger partial charge in [-0.3, -0.25) is 4.79 Å². The second-order valence-corrected chi connectivity index (χ2v) is 2.71. The Bertz CT molecular complexity index is 393. The summed E-state index contributed by atoms with van der Waals surface area (Å²) in [5, 5.41) is 25.9. The summed E-state index contributed by atoms with van der Waals surface area (Å²) in [5.74, 6) is -0.452. The van der Waals surface area contributed by atoms with Gasteiger partial charge in [0.2, 0.25) is 0 Å². The third-order valence-electron chi connectivity index (χ3n) is 1.39. The van der Waals surface area contributed by atoms with Crippen LogP contribution in [0.5, 0.6) is 0 Å². The van der Waals surface area contributed by atoms with Gasteiger partial charge >= 0.3 is 21.1 Å². The molecule has 0 unspecified atom stereocenters. The second-order valence-electron chi connectivity index (χ2n) is 2.71. The molecule has 0 saturated heterocycles. The van der Waals surface area contributed by atoms with Crippen LogP contribution in [0.15, 0.2) is 36.4 Å². The molecular formula is C10H15N3O5Pt+2. The van der Waals surface area contributed by atoms with Gasteiger partial charge in [0.15, 0.2) is 5.78 Å². The molecule has 0 heterocycles. The predicted octanol–water partition coefficient (Wildman–Crippen LogP) is 1.06. The number of carbonyl (C=O) groups excluding carboxylic acids is 1. The Morgan fingerprint density at radius 3 is 1.84 bits per heavy atom. The molecule has 0 spiro atoms. The zero-order chi connectivity index (χ0) is 12.6. The fraction of sp³-hybridized carbons (Fsp3) is 0.100. The second kappa shape index (κ2) is 14.3. The molecule has 0 fully saturated rings. The maximum absolute atomic E-state index is 11.2. The van der Waals surface area contributed by atoms with Gasteiger partial charge in [0, 0.05) is 0 Å². The molecule has 0 aromatic heterocycles. The fourth-order valence-electron chi connectivity index (χ4n) is 0.870. The summed E-state index contributed by atoms with van der Waals surface area (Å²) in [6, 6.07) is 8.72. The van der Waals surface area contributed by atoms with Crippen LogP contribution < -0.4 is 17.4 Å². The monoisotopic (exact) mass is 452 g/mol. The Morgan fingerprint density at radius 2 is 1.53 bits per heavy atom. The van der Waals surface area contributed by atoms with E-state index in [1.54, 1.807) is 24.3 Å². The number of carbonyl (C=O) groups is 1. The summed E-state index contributed by atoms with van der Waals surface area (Å²) < 4.78 is 0. The summed E-state index contributed by atoms with van der Waals surface area (Å²) in [4.78, 5) is 18.8. The number of rotatable bonds is 2. The standard InChI is InChI=1S/C10H10O2.NO3.2H3N.Pt/c1-8(11)7-10(12)9-5-3-2-4-6-9;2-1(3)4;;;/h2-7,12H,1H3;;2*1H3;/q;-1;;;+4/p-1/b10-7-;;;;. The van der Waals surface area contributed by atoms with E-state index >= 15 is 0 Å². The minimum Gasteiger partial charge on any atom is -0.872 e. The summed E-state index contributed by atoms with van der Waals surface area (Å²) in [7, 11) is 0. The maximum Gasteiger partial charge on any atom is 4.00 e. The first-order chi connectivity index (χ1) is 7.43. The van der Waals surface area contributed by atoms with Crippen LogP contribution in [0.25, 0.3) is 5.76 Å². The molecule has 6 N–H and O–H groups in total. The molecule has 8 nitrogen and oxygen atoms in total. The number of ketones is 1. The van der Waals surface area contributed by atoms with Crippen molar-refractivity contribution in [2.45, 2.75) is 6.92 Å². The Hall–Kier alpha value is -1.76. The van der Waals surface area contributed by atoms with Gasteiger partial charge in [-0.1, -0.05) is 36.1 Å². The molecule has 1 aromatic rings. The molecule has 0 saturated carbocycles. The van der Waals surface area contributed by atoms with Crippen molar-refractivity contribution < 1.29 is 36.1 Å². The third kappa shape index (κ3) is 16.2. The normalized spacial score (nSPS) is 8.37. The number of hydrogen-bond acceptors (Lipinski definition) is 7. The minimum absolute atomic E-state index is 0. The Kier molecular flexibility index (Phi) is 19.5. The molecule has 0 aliphatic carbocycles. The van der Waals surface area contributed by atoms with Gasteiger partial charge < -0.3 is 32.7 Å². The van der Waals surface area contributed by atoms with Gasteiger partial charge in [-0.15, -0.1) is 0 Å². The van der Waals surface area contributed by atoms with Crippen molar-refractivity contribution in [2.75, 3.05) is 0 Å². The first-order valence-electron chi connectivity index (χ1n) is 4.19. The Morgan fingerprint density at radius 1 is 1.16 bits per heavy atom. The average molecular weight is 452 g/mol. The van der Waals surface area contributed by atoms with Crippen LogP contribution in [-0.2, 0) is 25.9 Å². The van der Waals surface area contributed by atoms with Crippen LogP contribution >= 0.6 is 0 Å². The van der Waals surface area contributed by atoms with Gasteiger partial charge in [0.1, 0.15) is 0 Å². The van der Waals surface area contributed by atoms with E-state index in [4.69, 9.17) is 15.3 Å². The molecule has 0 aliphatic heterocycles. The molecule has 108 valence electrons. The Labute approximate surface area is 124 Å². The van der Waals surface area contributed by atoms with E-state index in [-0.39, 0.29) is 44.9 Å². The molecule has 1 aromatic carbocycles. The first-order valence-corrected chi connectivity index (χ1v) is 4.19. The summed E-state index contributed by atoms with van der Waals surface area (Å²) in [5.41, 5.74) is 0.549. The molecule has 0 amide bonds. The molecular weight excluding hydrogens is 437 g/mol. The number of benzene rings is 1. The first kappa shape index (κ1) is 25.9. The van der Waals surface area contributed by atoms with Crippen molar-refractivity contribution in [1.82, 2.24) is 12.3 Å². The number of hydrogen-bond donors (Lipinski definition) is 2. The van der Waals surface area contributed by atoms with Crippen molar-refractivity contribution in [1.29, 1.82) is 0 Å². The van der Waals surface area contributed by atoms with Gasteiger partial charge in [-0.05, 0) is 18.6 Å². The molecule has 19 heavy (non-hydrogen) atoms. The molecule has 9 heteroatoms. The van der Waals surface area contributed by atoms with Crippen molar-refractivity contribution in [3.63, 3.8) is 0 Å². The summed E-state index contributed by atoms with van der Waals surface area (Å²) in [6.45, 7) is 1.36. The van der Waals surface area contributed by atoms with Crippen LogP contribution in [-0.4, -0.2) is 10.9 Å². The molecule has 1 rings (SSSR count).